The van der Waals surface area contributed by atoms with Gasteiger partial charge < -0.3 is 10.3 Å². The number of anilines is 1. The molecule has 1 atom stereocenters. The molecule has 98 valence electrons. The molecule has 2 heterocycles. The minimum absolute atomic E-state index is 0.104. The fourth-order valence-electron chi connectivity index (χ4n) is 1.97. The topological polar surface area (TPSA) is 98.9 Å². The molecule has 0 radical (unpaired) electrons. The summed E-state index contributed by atoms with van der Waals surface area (Å²) in [5.74, 6) is 0.0803. The Hall–Kier alpha value is -2.41. The highest BCUT2D eigenvalue weighted by Gasteiger charge is 2.24. The van der Waals surface area contributed by atoms with Crippen LogP contribution in [0.25, 0.3) is 11.0 Å². The predicted octanol–water partition coefficient (Wildman–Crippen LogP) is -0.411. The number of rotatable bonds is 2. The van der Waals surface area contributed by atoms with Gasteiger partial charge in [-0.2, -0.15) is 0 Å². The zero-order valence-corrected chi connectivity index (χ0v) is 10.1. The Balaban J connectivity index is 1.70. The maximum absolute atomic E-state index is 12.0. The van der Waals surface area contributed by atoms with Crippen molar-refractivity contribution in [1.29, 1.82) is 0 Å². The standard InChI is InChI=1S/C12H13N5O2/c18-10-6-13-9(5-14-10)11(19)17-12-15-7-3-1-2-4-8(7)16-12/h1-4,9,13H,5-6H2,(H,14,18)(H2,15,16,17,19). The Morgan fingerprint density at radius 2 is 2.21 bits per heavy atom. The van der Waals surface area contributed by atoms with Crippen LogP contribution in [-0.4, -0.2) is 40.9 Å². The van der Waals surface area contributed by atoms with Crippen LogP contribution in [0.2, 0.25) is 0 Å². The molecule has 1 saturated heterocycles. The lowest BCUT2D eigenvalue weighted by Crippen LogP contribution is -2.56. The van der Waals surface area contributed by atoms with E-state index in [9.17, 15) is 9.59 Å². The summed E-state index contributed by atoms with van der Waals surface area (Å²) in [7, 11) is 0. The number of imidazole rings is 1. The largest absolute Gasteiger partial charge is 0.353 e. The molecular formula is C12H13N5O2. The molecule has 7 nitrogen and oxygen atoms in total. The molecule has 2 aromatic rings. The monoisotopic (exact) mass is 259 g/mol. The summed E-state index contributed by atoms with van der Waals surface area (Å²) in [5, 5.41) is 8.19. The van der Waals surface area contributed by atoms with Crippen LogP contribution >= 0.6 is 0 Å². The second-order valence-electron chi connectivity index (χ2n) is 4.33. The molecule has 7 heteroatoms. The number of fused-ring (bicyclic) bond motifs is 1. The highest BCUT2D eigenvalue weighted by molar-refractivity contribution is 5.96. The molecule has 1 aliphatic heterocycles. The summed E-state index contributed by atoms with van der Waals surface area (Å²) in [6.45, 7) is 0.434. The van der Waals surface area contributed by atoms with E-state index in [1.165, 1.54) is 0 Å². The molecule has 1 aromatic carbocycles. The SMILES string of the molecule is O=C1CNC(C(=O)Nc2nc3ccccc3[nH]2)CN1. The van der Waals surface area contributed by atoms with E-state index in [2.05, 4.69) is 25.9 Å². The van der Waals surface area contributed by atoms with Crippen LogP contribution in [0, 0.1) is 0 Å². The maximum atomic E-state index is 12.0. The Labute approximate surface area is 108 Å². The number of piperazine rings is 1. The number of benzene rings is 1. The maximum Gasteiger partial charge on any atom is 0.245 e. The predicted molar refractivity (Wildman–Crippen MR) is 69.5 cm³/mol. The second-order valence-corrected chi connectivity index (χ2v) is 4.33. The smallest absolute Gasteiger partial charge is 0.245 e. The summed E-state index contributed by atoms with van der Waals surface area (Å²) < 4.78 is 0. The van der Waals surface area contributed by atoms with Crippen molar-refractivity contribution in [2.75, 3.05) is 18.4 Å². The van der Waals surface area contributed by atoms with E-state index in [0.29, 0.717) is 5.95 Å². The Morgan fingerprint density at radius 3 is 2.95 bits per heavy atom. The molecule has 0 spiro atoms. The van der Waals surface area contributed by atoms with Gasteiger partial charge in [0.1, 0.15) is 6.04 Å². The molecule has 19 heavy (non-hydrogen) atoms. The highest BCUT2D eigenvalue weighted by Crippen LogP contribution is 2.13. The number of carbonyl (C=O) groups excluding carboxylic acids is 2. The van der Waals surface area contributed by atoms with Gasteiger partial charge in [-0.15, -0.1) is 0 Å². The molecule has 0 saturated carbocycles. The van der Waals surface area contributed by atoms with Gasteiger partial charge in [0.15, 0.2) is 0 Å². The Morgan fingerprint density at radius 1 is 1.37 bits per heavy atom. The van der Waals surface area contributed by atoms with E-state index in [1.807, 2.05) is 24.3 Å². The highest BCUT2D eigenvalue weighted by atomic mass is 16.2. The molecular weight excluding hydrogens is 246 g/mol. The van der Waals surface area contributed by atoms with Crippen molar-refractivity contribution in [3.05, 3.63) is 24.3 Å². The van der Waals surface area contributed by atoms with Gasteiger partial charge in [0.2, 0.25) is 17.8 Å². The Bertz CT molecular complexity index is 593. The lowest BCUT2D eigenvalue weighted by molar-refractivity contribution is -0.124. The third-order valence-electron chi connectivity index (χ3n) is 2.96. The molecule has 1 aliphatic rings. The first-order valence-corrected chi connectivity index (χ1v) is 5.98. The van der Waals surface area contributed by atoms with Crippen LogP contribution < -0.4 is 16.0 Å². The number of carbonyl (C=O) groups is 2. The number of para-hydroxylation sites is 2. The average Bonchev–Trinajstić information content (AvgIpc) is 2.81. The van der Waals surface area contributed by atoms with Crippen LogP contribution in [0.4, 0.5) is 5.95 Å². The van der Waals surface area contributed by atoms with E-state index in [4.69, 9.17) is 0 Å². The van der Waals surface area contributed by atoms with Gasteiger partial charge in [0.05, 0.1) is 17.6 Å². The number of nitrogens with one attached hydrogen (secondary N) is 4. The molecule has 1 aromatic heterocycles. The van der Waals surface area contributed by atoms with Crippen LogP contribution in [0.15, 0.2) is 24.3 Å². The third-order valence-corrected chi connectivity index (χ3v) is 2.96. The van der Waals surface area contributed by atoms with E-state index < -0.39 is 6.04 Å². The first-order chi connectivity index (χ1) is 9.22. The summed E-state index contributed by atoms with van der Waals surface area (Å²) in [5.41, 5.74) is 1.66. The lowest BCUT2D eigenvalue weighted by Gasteiger charge is -2.22. The zero-order chi connectivity index (χ0) is 13.2. The molecule has 0 aliphatic carbocycles. The first kappa shape index (κ1) is 11.7. The van der Waals surface area contributed by atoms with Crippen LogP contribution in [0.5, 0.6) is 0 Å². The summed E-state index contributed by atoms with van der Waals surface area (Å²) in [4.78, 5) is 30.2. The van der Waals surface area contributed by atoms with Crippen molar-refractivity contribution < 1.29 is 9.59 Å². The van der Waals surface area contributed by atoms with E-state index >= 15 is 0 Å². The van der Waals surface area contributed by atoms with Crippen LogP contribution in [0.1, 0.15) is 0 Å². The second kappa shape index (κ2) is 4.69. The van der Waals surface area contributed by atoms with Crippen molar-refractivity contribution >= 4 is 28.8 Å². The number of aromatic nitrogens is 2. The van der Waals surface area contributed by atoms with Crippen LogP contribution in [0.3, 0.4) is 0 Å². The lowest BCUT2D eigenvalue weighted by atomic mass is 10.2. The summed E-state index contributed by atoms with van der Waals surface area (Å²) in [6.07, 6.45) is 0. The first-order valence-electron chi connectivity index (χ1n) is 5.98. The fraction of sp³-hybridized carbons (Fsp3) is 0.250. The molecule has 2 amide bonds. The van der Waals surface area contributed by atoms with Gasteiger partial charge in [-0.25, -0.2) is 4.98 Å². The van der Waals surface area contributed by atoms with Crippen molar-refractivity contribution in [1.82, 2.24) is 20.6 Å². The quantitative estimate of drug-likeness (QED) is 0.589. The van der Waals surface area contributed by atoms with Crippen molar-refractivity contribution in [2.24, 2.45) is 0 Å². The van der Waals surface area contributed by atoms with Crippen molar-refractivity contribution in [3.8, 4) is 0 Å². The molecule has 1 fully saturated rings. The van der Waals surface area contributed by atoms with E-state index in [0.717, 1.165) is 11.0 Å². The van der Waals surface area contributed by atoms with Gasteiger partial charge in [0, 0.05) is 6.54 Å². The molecule has 4 N–H and O–H groups in total. The Kier molecular flexibility index (Phi) is 2.88. The van der Waals surface area contributed by atoms with Gasteiger partial charge in [0.25, 0.3) is 0 Å². The van der Waals surface area contributed by atoms with E-state index in [-0.39, 0.29) is 24.9 Å². The fourth-order valence-corrected chi connectivity index (χ4v) is 1.97. The number of H-pyrrole nitrogens is 1. The van der Waals surface area contributed by atoms with Gasteiger partial charge in [-0.1, -0.05) is 12.1 Å². The number of aromatic amines is 1. The summed E-state index contributed by atoms with van der Waals surface area (Å²) >= 11 is 0. The number of nitrogens with zero attached hydrogens (tertiary/aromatic N) is 1. The molecule has 0 bridgehead atoms. The van der Waals surface area contributed by atoms with Gasteiger partial charge >= 0.3 is 0 Å². The number of hydrogen-bond acceptors (Lipinski definition) is 4. The van der Waals surface area contributed by atoms with Gasteiger partial charge in [-0.3, -0.25) is 20.2 Å². The molecule has 1 unspecified atom stereocenters. The van der Waals surface area contributed by atoms with Crippen molar-refractivity contribution in [2.45, 2.75) is 6.04 Å². The van der Waals surface area contributed by atoms with Crippen LogP contribution in [-0.2, 0) is 9.59 Å². The summed E-state index contributed by atoms with van der Waals surface area (Å²) in [6, 6.07) is 7.08. The zero-order valence-electron chi connectivity index (χ0n) is 10.1. The number of hydrogen-bond donors (Lipinski definition) is 4. The minimum Gasteiger partial charge on any atom is -0.353 e. The third kappa shape index (κ3) is 2.41. The molecule has 3 rings (SSSR count). The minimum atomic E-state index is -0.439. The average molecular weight is 259 g/mol. The number of amides is 2. The van der Waals surface area contributed by atoms with E-state index in [1.54, 1.807) is 0 Å². The van der Waals surface area contributed by atoms with Gasteiger partial charge in [-0.05, 0) is 12.1 Å². The van der Waals surface area contributed by atoms with Crippen molar-refractivity contribution in [3.63, 3.8) is 0 Å². The normalized spacial score (nSPS) is 19.2.